The summed E-state index contributed by atoms with van der Waals surface area (Å²) in [5, 5.41) is 3.50. The van der Waals surface area contributed by atoms with Crippen LogP contribution < -0.4 is 19.5 Å². The molecule has 0 aliphatic carbocycles. The third-order valence-corrected chi connectivity index (χ3v) is 7.68. The van der Waals surface area contributed by atoms with Crippen molar-refractivity contribution >= 4 is 29.3 Å². The molecule has 0 aliphatic heterocycles. The molecule has 0 saturated heterocycles. The SMILES string of the molecule is COc1ccc(NC(=O)C(c2ccc(OC)c(OC)c2)N(Cc2ccccc2C)C(=O)CSc2nc(C)cc(C)n2)cc1. The molecule has 1 heterocycles. The van der Waals surface area contributed by atoms with Gasteiger partial charge in [0, 0.05) is 23.6 Å². The molecule has 4 rings (SSSR count). The van der Waals surface area contributed by atoms with Crippen LogP contribution in [-0.2, 0) is 16.1 Å². The minimum absolute atomic E-state index is 0.0361. The average Bonchev–Trinajstić information content (AvgIpc) is 3.00. The largest absolute Gasteiger partial charge is 0.497 e. The number of thioether (sulfide) groups is 1. The number of aromatic nitrogens is 2. The van der Waals surface area contributed by atoms with E-state index < -0.39 is 6.04 Å². The molecule has 43 heavy (non-hydrogen) atoms. The molecule has 9 nitrogen and oxygen atoms in total. The molecule has 2 amide bonds. The average molecular weight is 601 g/mol. The first-order chi connectivity index (χ1) is 20.7. The van der Waals surface area contributed by atoms with E-state index in [9.17, 15) is 9.59 Å². The number of hydrogen-bond donors (Lipinski definition) is 1. The molecule has 0 spiro atoms. The Kier molecular flexibility index (Phi) is 10.6. The second-order valence-electron chi connectivity index (χ2n) is 9.90. The summed E-state index contributed by atoms with van der Waals surface area (Å²) in [4.78, 5) is 38.8. The van der Waals surface area contributed by atoms with Gasteiger partial charge in [0.2, 0.25) is 5.91 Å². The van der Waals surface area contributed by atoms with Gasteiger partial charge in [0.25, 0.3) is 5.91 Å². The highest BCUT2D eigenvalue weighted by Gasteiger charge is 2.33. The van der Waals surface area contributed by atoms with E-state index in [4.69, 9.17) is 14.2 Å². The number of amides is 2. The normalized spacial score (nSPS) is 11.4. The maximum absolute atomic E-state index is 14.2. The highest BCUT2D eigenvalue weighted by molar-refractivity contribution is 7.99. The number of aryl methyl sites for hydroxylation is 3. The summed E-state index contributed by atoms with van der Waals surface area (Å²) < 4.78 is 16.3. The number of hydrogen-bond acceptors (Lipinski definition) is 8. The van der Waals surface area contributed by atoms with E-state index in [1.165, 1.54) is 18.9 Å². The molecular weight excluding hydrogens is 564 g/mol. The van der Waals surface area contributed by atoms with E-state index in [0.717, 1.165) is 22.5 Å². The van der Waals surface area contributed by atoms with Gasteiger partial charge in [-0.15, -0.1) is 0 Å². The van der Waals surface area contributed by atoms with Crippen molar-refractivity contribution in [2.75, 3.05) is 32.4 Å². The Bertz CT molecular complexity index is 1560. The number of rotatable bonds is 12. The zero-order valence-corrected chi connectivity index (χ0v) is 26.0. The third kappa shape index (κ3) is 8.04. The molecule has 10 heteroatoms. The Morgan fingerprint density at radius 3 is 2.14 bits per heavy atom. The van der Waals surface area contributed by atoms with Gasteiger partial charge < -0.3 is 24.4 Å². The van der Waals surface area contributed by atoms with Crippen molar-refractivity contribution in [1.82, 2.24) is 14.9 Å². The van der Waals surface area contributed by atoms with Crippen molar-refractivity contribution in [3.05, 3.63) is 101 Å². The zero-order valence-electron chi connectivity index (χ0n) is 25.2. The van der Waals surface area contributed by atoms with E-state index in [-0.39, 0.29) is 24.1 Å². The molecule has 0 bridgehead atoms. The quantitative estimate of drug-likeness (QED) is 0.158. The van der Waals surface area contributed by atoms with Crippen LogP contribution in [0.15, 0.2) is 78.0 Å². The van der Waals surface area contributed by atoms with Crippen LogP contribution in [-0.4, -0.2) is 53.8 Å². The van der Waals surface area contributed by atoms with E-state index in [1.807, 2.05) is 51.1 Å². The zero-order chi connectivity index (χ0) is 30.9. The minimum atomic E-state index is -1.00. The van der Waals surface area contributed by atoms with Gasteiger partial charge in [-0.05, 0) is 79.9 Å². The lowest BCUT2D eigenvalue weighted by Crippen LogP contribution is -2.42. The Labute approximate surface area is 256 Å². The molecule has 1 aromatic heterocycles. The number of nitrogens with zero attached hydrogens (tertiary/aromatic N) is 3. The van der Waals surface area contributed by atoms with Crippen molar-refractivity contribution < 1.29 is 23.8 Å². The van der Waals surface area contributed by atoms with E-state index >= 15 is 0 Å². The predicted molar refractivity (Wildman–Crippen MR) is 168 cm³/mol. The Morgan fingerprint density at radius 2 is 1.51 bits per heavy atom. The topological polar surface area (TPSA) is 103 Å². The minimum Gasteiger partial charge on any atom is -0.497 e. The molecule has 0 radical (unpaired) electrons. The molecule has 0 aliphatic rings. The van der Waals surface area contributed by atoms with Crippen molar-refractivity contribution in [2.24, 2.45) is 0 Å². The lowest BCUT2D eigenvalue weighted by Gasteiger charge is -2.32. The summed E-state index contributed by atoms with van der Waals surface area (Å²) >= 11 is 1.24. The maximum Gasteiger partial charge on any atom is 0.251 e. The van der Waals surface area contributed by atoms with Crippen LogP contribution in [0.5, 0.6) is 17.2 Å². The molecule has 1 N–H and O–H groups in total. The number of ether oxygens (including phenoxy) is 3. The van der Waals surface area contributed by atoms with Gasteiger partial charge in [-0.1, -0.05) is 42.1 Å². The number of methoxy groups -OCH3 is 3. The number of carbonyl (C=O) groups excluding carboxylic acids is 2. The molecule has 3 aromatic carbocycles. The standard InChI is InChI=1S/C33H36N4O5S/c1-21-9-7-8-10-25(21)19-37(30(38)20-43-33-34-22(2)17-23(3)35-33)31(24-11-16-28(41-5)29(18-24)42-6)32(39)36-26-12-14-27(40-4)15-13-26/h7-18,31H,19-20H2,1-6H3,(H,36,39). The van der Waals surface area contributed by atoms with E-state index in [2.05, 4.69) is 15.3 Å². The van der Waals surface area contributed by atoms with E-state index in [0.29, 0.717) is 33.7 Å². The highest BCUT2D eigenvalue weighted by Crippen LogP contribution is 2.34. The van der Waals surface area contributed by atoms with Crippen molar-refractivity contribution in [1.29, 1.82) is 0 Å². The van der Waals surface area contributed by atoms with E-state index in [1.54, 1.807) is 61.6 Å². The lowest BCUT2D eigenvalue weighted by atomic mass is 10.0. The van der Waals surface area contributed by atoms with Gasteiger partial charge >= 0.3 is 0 Å². The first kappa shape index (κ1) is 31.4. The molecule has 4 aromatic rings. The number of carbonyl (C=O) groups is 2. The Balaban J connectivity index is 1.77. The summed E-state index contributed by atoms with van der Waals surface area (Å²) in [7, 11) is 4.66. The Morgan fingerprint density at radius 1 is 0.837 bits per heavy atom. The van der Waals surface area contributed by atoms with Gasteiger partial charge in [0.05, 0.1) is 27.1 Å². The predicted octanol–water partition coefficient (Wildman–Crippen LogP) is 5.93. The first-order valence-electron chi connectivity index (χ1n) is 13.7. The summed E-state index contributed by atoms with van der Waals surface area (Å²) in [5.74, 6) is 1.03. The summed E-state index contributed by atoms with van der Waals surface area (Å²) in [5.41, 5.74) is 4.71. The summed E-state index contributed by atoms with van der Waals surface area (Å²) in [6, 6.07) is 21.0. The maximum atomic E-state index is 14.2. The van der Waals surface area contributed by atoms with Crippen LogP contribution in [0.2, 0.25) is 0 Å². The number of benzene rings is 3. The van der Waals surface area contributed by atoms with Crippen LogP contribution in [0, 0.1) is 20.8 Å². The second-order valence-corrected chi connectivity index (χ2v) is 10.8. The molecule has 0 fully saturated rings. The smallest absolute Gasteiger partial charge is 0.251 e. The van der Waals surface area contributed by atoms with Crippen LogP contribution in [0.1, 0.15) is 34.1 Å². The van der Waals surface area contributed by atoms with Gasteiger partial charge in [-0.3, -0.25) is 9.59 Å². The van der Waals surface area contributed by atoms with Crippen molar-refractivity contribution in [2.45, 2.75) is 38.5 Å². The van der Waals surface area contributed by atoms with Crippen molar-refractivity contribution in [3.8, 4) is 17.2 Å². The van der Waals surface area contributed by atoms with Gasteiger partial charge in [-0.25, -0.2) is 9.97 Å². The fourth-order valence-corrected chi connectivity index (χ4v) is 5.48. The van der Waals surface area contributed by atoms with Crippen LogP contribution in [0.3, 0.4) is 0 Å². The monoisotopic (exact) mass is 600 g/mol. The number of nitrogens with one attached hydrogen (secondary N) is 1. The van der Waals surface area contributed by atoms with Crippen LogP contribution >= 0.6 is 11.8 Å². The van der Waals surface area contributed by atoms with Gasteiger partial charge in [0.15, 0.2) is 16.7 Å². The first-order valence-corrected chi connectivity index (χ1v) is 14.7. The molecule has 0 saturated carbocycles. The third-order valence-electron chi connectivity index (χ3n) is 6.85. The molecule has 1 unspecified atom stereocenters. The fraction of sp³-hybridized carbons (Fsp3) is 0.273. The number of anilines is 1. The highest BCUT2D eigenvalue weighted by atomic mass is 32.2. The fourth-order valence-electron chi connectivity index (χ4n) is 4.64. The van der Waals surface area contributed by atoms with Crippen molar-refractivity contribution in [3.63, 3.8) is 0 Å². The van der Waals surface area contributed by atoms with Crippen LogP contribution in [0.4, 0.5) is 5.69 Å². The molecule has 224 valence electrons. The second kappa shape index (κ2) is 14.6. The van der Waals surface area contributed by atoms with Gasteiger partial charge in [-0.2, -0.15) is 0 Å². The Hall–Kier alpha value is -4.57. The van der Waals surface area contributed by atoms with Gasteiger partial charge in [0.1, 0.15) is 11.8 Å². The molecular formula is C33H36N4O5S. The summed E-state index contributed by atoms with van der Waals surface area (Å²) in [6.07, 6.45) is 0. The molecule has 1 atom stereocenters. The lowest BCUT2D eigenvalue weighted by molar-refractivity contribution is -0.137. The van der Waals surface area contributed by atoms with Crippen LogP contribution in [0.25, 0.3) is 0 Å². The summed E-state index contributed by atoms with van der Waals surface area (Å²) in [6.45, 7) is 5.97.